The van der Waals surface area contributed by atoms with Gasteiger partial charge in [0.2, 0.25) is 23.6 Å². The first-order chi connectivity index (χ1) is 28.5. The molecule has 1 aromatic rings. The van der Waals surface area contributed by atoms with Crippen molar-refractivity contribution in [3.8, 4) is 0 Å². The Morgan fingerprint density at radius 2 is 0.833 bits per heavy atom. The van der Waals surface area contributed by atoms with Gasteiger partial charge in [-0.1, -0.05) is 0 Å². The normalized spacial score (nSPS) is 12.7. The fraction of sp³-hybridized carbons (Fsp3) is 0.647. The number of unbranched alkanes of at least 4 members (excludes halogenated alkanes) is 2. The van der Waals surface area contributed by atoms with Crippen LogP contribution in [-0.4, -0.2) is 134 Å². The predicted octanol–water partition coefficient (Wildman–Crippen LogP) is -6.68. The summed E-state index contributed by atoms with van der Waals surface area (Å²) in [6.45, 7) is 1.51. The van der Waals surface area contributed by atoms with E-state index in [1.165, 1.54) is 0 Å². The first kappa shape index (κ1) is 51.9. The maximum Gasteiger partial charge on any atom is 0.274 e. The molecule has 26 heteroatoms. The van der Waals surface area contributed by atoms with Gasteiger partial charge < -0.3 is 89.2 Å². The van der Waals surface area contributed by atoms with Gasteiger partial charge in [0.1, 0.15) is 12.1 Å². The number of aliphatic imine (C=N–C) groups is 2. The van der Waals surface area contributed by atoms with E-state index in [1.807, 2.05) is 0 Å². The Hall–Kier alpha value is -6.12. The summed E-state index contributed by atoms with van der Waals surface area (Å²) in [5, 5.41) is 15.7. The Morgan fingerprint density at radius 1 is 0.500 bits per heavy atom. The van der Waals surface area contributed by atoms with Crippen LogP contribution in [0.5, 0.6) is 0 Å². The Kier molecular flexibility index (Phi) is 25.2. The van der Waals surface area contributed by atoms with E-state index in [0.717, 1.165) is 0 Å². The maximum absolute atomic E-state index is 13.3. The summed E-state index contributed by atoms with van der Waals surface area (Å²) < 4.78 is 0. The van der Waals surface area contributed by atoms with E-state index in [4.69, 9.17) is 57.3 Å². The number of guanidine groups is 2. The molecule has 338 valence electrons. The fourth-order valence-electron chi connectivity index (χ4n) is 5.32. The van der Waals surface area contributed by atoms with Crippen molar-refractivity contribution in [1.29, 1.82) is 0 Å². The van der Waals surface area contributed by atoms with Crippen molar-refractivity contribution in [3.05, 3.63) is 11.4 Å². The molecule has 0 spiro atoms. The molecule has 0 aliphatic rings. The minimum atomic E-state index is -1.07. The predicted molar refractivity (Wildman–Crippen MR) is 227 cm³/mol. The number of nitrogens with two attached hydrogens (primary N) is 10. The Bertz CT molecular complexity index is 1490. The molecule has 0 aliphatic carbocycles. The lowest BCUT2D eigenvalue weighted by Gasteiger charge is -2.20. The molecule has 0 saturated carbocycles. The summed E-state index contributed by atoms with van der Waals surface area (Å²) >= 11 is 0. The van der Waals surface area contributed by atoms with Gasteiger partial charge in [0, 0.05) is 39.3 Å². The quantitative estimate of drug-likeness (QED) is 0.0194. The molecule has 26 nitrogen and oxygen atoms in total. The summed E-state index contributed by atoms with van der Waals surface area (Å²) in [6, 6.07) is -3.74. The third kappa shape index (κ3) is 21.0. The second-order valence-electron chi connectivity index (χ2n) is 13.6. The van der Waals surface area contributed by atoms with Gasteiger partial charge in [-0.3, -0.25) is 38.8 Å². The van der Waals surface area contributed by atoms with Crippen LogP contribution in [0.3, 0.4) is 0 Å². The number of nitrogens with zero attached hydrogens (tertiary/aromatic N) is 4. The van der Waals surface area contributed by atoms with Crippen LogP contribution in [0.4, 0.5) is 11.6 Å². The van der Waals surface area contributed by atoms with Gasteiger partial charge in [0.15, 0.2) is 34.9 Å². The second-order valence-corrected chi connectivity index (χ2v) is 13.6. The van der Waals surface area contributed by atoms with Gasteiger partial charge in [0.05, 0.1) is 12.1 Å². The van der Waals surface area contributed by atoms with E-state index >= 15 is 0 Å². The van der Waals surface area contributed by atoms with E-state index in [0.29, 0.717) is 77.5 Å². The summed E-state index contributed by atoms with van der Waals surface area (Å²) in [6.07, 6.45) is 4.14. The van der Waals surface area contributed by atoms with Crippen molar-refractivity contribution >= 4 is 59.0 Å². The zero-order valence-electron chi connectivity index (χ0n) is 34.0. The van der Waals surface area contributed by atoms with Crippen LogP contribution in [0, 0.1) is 0 Å². The first-order valence-corrected chi connectivity index (χ1v) is 19.7. The van der Waals surface area contributed by atoms with Gasteiger partial charge in [-0.2, -0.15) is 0 Å². The molecule has 4 atom stereocenters. The molecule has 0 aromatic carbocycles. The summed E-state index contributed by atoms with van der Waals surface area (Å²) in [7, 11) is 0. The van der Waals surface area contributed by atoms with Crippen LogP contribution in [-0.2, 0) is 19.2 Å². The number of amides is 6. The van der Waals surface area contributed by atoms with Crippen LogP contribution in [0.15, 0.2) is 9.98 Å². The first-order valence-electron chi connectivity index (χ1n) is 19.7. The van der Waals surface area contributed by atoms with Crippen molar-refractivity contribution in [2.75, 3.05) is 63.8 Å². The van der Waals surface area contributed by atoms with Gasteiger partial charge in [-0.25, -0.2) is 9.97 Å². The highest BCUT2D eigenvalue weighted by atomic mass is 16.2. The second kappa shape index (κ2) is 29.1. The van der Waals surface area contributed by atoms with E-state index in [9.17, 15) is 28.8 Å². The molecule has 0 fully saturated rings. The van der Waals surface area contributed by atoms with Crippen LogP contribution < -0.4 is 89.2 Å². The minimum Gasteiger partial charge on any atom is -0.382 e. The van der Waals surface area contributed by atoms with E-state index in [-0.39, 0.29) is 50.9 Å². The third-order valence-electron chi connectivity index (χ3n) is 8.57. The van der Waals surface area contributed by atoms with Crippen LogP contribution in [0.25, 0.3) is 0 Å². The number of rotatable bonds is 30. The molecule has 0 unspecified atom stereocenters. The molecule has 26 N–H and O–H groups in total. The van der Waals surface area contributed by atoms with Crippen molar-refractivity contribution in [3.63, 3.8) is 0 Å². The molecule has 0 bridgehead atoms. The van der Waals surface area contributed by atoms with Crippen molar-refractivity contribution in [2.24, 2.45) is 55.9 Å². The molecule has 60 heavy (non-hydrogen) atoms. The smallest absolute Gasteiger partial charge is 0.274 e. The van der Waals surface area contributed by atoms with Crippen molar-refractivity contribution in [1.82, 2.24) is 41.9 Å². The third-order valence-corrected chi connectivity index (χ3v) is 8.57. The highest BCUT2D eigenvalue weighted by Gasteiger charge is 2.28. The zero-order chi connectivity index (χ0) is 45.0. The largest absolute Gasteiger partial charge is 0.382 e. The molecule has 0 radical (unpaired) electrons. The molecule has 0 saturated heterocycles. The SMILES string of the molecule is NCCCC[C@H](NC(=O)c1nc(N)c(C(=O)N[C@@H](CCCCN)C(=O)NCCNC(=O)[C@@H](N)CCCN=C(N)N)nc1N)C(=O)NCCNC(=O)[C@@H](N)CCCN=C(N)N. The average molecular weight is 851 g/mol. The van der Waals surface area contributed by atoms with Crippen molar-refractivity contribution < 1.29 is 28.8 Å². The molecule has 1 rings (SSSR count). The summed E-state index contributed by atoms with van der Waals surface area (Å²) in [5.41, 5.74) is 55.4. The molecule has 1 aromatic heterocycles. The minimum absolute atomic E-state index is 0.0212. The number of hydrogen-bond donors (Lipinski definition) is 16. The number of hydrogen-bond acceptors (Lipinski definition) is 16. The van der Waals surface area contributed by atoms with Crippen LogP contribution >= 0.6 is 0 Å². The molecule has 0 aliphatic heterocycles. The molecular formula is C34H66N20O6. The van der Waals surface area contributed by atoms with Gasteiger partial charge in [0.25, 0.3) is 11.8 Å². The Balaban J connectivity index is 2.88. The monoisotopic (exact) mass is 851 g/mol. The fourth-order valence-corrected chi connectivity index (χ4v) is 5.32. The summed E-state index contributed by atoms with van der Waals surface area (Å²) in [4.78, 5) is 93.2. The lowest BCUT2D eigenvalue weighted by molar-refractivity contribution is -0.124. The molecule has 1 heterocycles. The number of nitrogen functional groups attached to an aromatic ring is 2. The van der Waals surface area contributed by atoms with E-state index < -0.39 is 82.6 Å². The number of carbonyl (C=O) groups excluding carboxylic acids is 6. The van der Waals surface area contributed by atoms with Gasteiger partial charge in [-0.05, 0) is 77.3 Å². The number of anilines is 2. The van der Waals surface area contributed by atoms with Crippen LogP contribution in [0.2, 0.25) is 0 Å². The lowest BCUT2D eigenvalue weighted by atomic mass is 10.1. The molecule has 6 amide bonds. The van der Waals surface area contributed by atoms with E-state index in [2.05, 4.69) is 51.9 Å². The zero-order valence-corrected chi connectivity index (χ0v) is 34.0. The highest BCUT2D eigenvalue weighted by Crippen LogP contribution is 2.15. The standard InChI is InChI=1S/C34H66N20O6/c35-11-3-1-9-21(29(57)47-17-15-45-27(55)19(37)7-5-13-49-33(41)42)51-31(59)23-25(39)54-24(26(40)53-23)32(60)52-22(10-2-4-12-36)30(58)48-18-16-46-28(56)20(38)8-6-14-50-34(43)44/h19-22H,1-18,35-38H2,(H2,40,53)(H2,39,54)(H,45,55)(H,46,56)(H,47,57)(H,48,58)(H,51,59)(H,52,60)(H4,41,42,49)(H4,43,44,50)/t19-,20-,21-,22-/m0/s1. The maximum atomic E-state index is 13.3. The Labute approximate surface area is 348 Å². The average Bonchev–Trinajstić information content (AvgIpc) is 3.20. The summed E-state index contributed by atoms with van der Waals surface area (Å²) in [5.74, 6) is -4.83. The number of carbonyl (C=O) groups is 6. The lowest BCUT2D eigenvalue weighted by Crippen LogP contribution is -2.50. The highest BCUT2D eigenvalue weighted by molar-refractivity contribution is 6.03. The number of aromatic nitrogens is 2. The molecular weight excluding hydrogens is 785 g/mol. The van der Waals surface area contributed by atoms with Crippen molar-refractivity contribution in [2.45, 2.75) is 88.4 Å². The number of nitrogens with one attached hydrogen (secondary N) is 6. The van der Waals surface area contributed by atoms with E-state index in [1.54, 1.807) is 0 Å². The van der Waals surface area contributed by atoms with Crippen LogP contribution in [0.1, 0.15) is 85.2 Å². The van der Waals surface area contributed by atoms with Gasteiger partial charge >= 0.3 is 0 Å². The Morgan fingerprint density at radius 3 is 1.15 bits per heavy atom. The van der Waals surface area contributed by atoms with Gasteiger partial charge in [-0.15, -0.1) is 0 Å². The topological polar surface area (TPSA) is 485 Å².